The van der Waals surface area contributed by atoms with Crippen molar-refractivity contribution in [2.75, 3.05) is 9.71 Å². The van der Waals surface area contributed by atoms with E-state index in [1.165, 1.54) is 62.7 Å². The normalized spacial score (nSPS) is 14.2. The average molecular weight is 582 g/mol. The number of aryl methyl sites for hydroxylation is 3. The summed E-state index contributed by atoms with van der Waals surface area (Å²) in [6.45, 7) is 6.61. The Morgan fingerprint density at radius 2 is 0.978 bits per heavy atom. The molecule has 6 heteroatoms. The topological polar surface area (TPSA) is 6.48 Å². The highest BCUT2D eigenvalue weighted by atomic mass is 19.1. The van der Waals surface area contributed by atoms with Gasteiger partial charge in [-0.15, -0.1) is 0 Å². The summed E-state index contributed by atoms with van der Waals surface area (Å²) in [5.74, 6) is -1.16. The fraction of sp³-hybridized carbons (Fsp3) is 0.0769. The average Bonchev–Trinajstić information content (AvgIpc) is 3.03. The van der Waals surface area contributed by atoms with Gasteiger partial charge in [0.1, 0.15) is 17.3 Å². The first-order chi connectivity index (χ1) is 21.9. The SMILES string of the molecule is Cc1cc(C)c(B2c3cccc4c3N3B5c6c-4cccc6N(c4c(F)cccc4F)c4cccc(c45)-c4cccc2c43)c(C)c1. The molecule has 4 aliphatic rings. The maximum Gasteiger partial charge on any atom is 0.333 e. The number of hydrogen-bond acceptors (Lipinski definition) is 2. The number of hydrogen-bond donors (Lipinski definition) is 0. The molecule has 4 aliphatic heterocycles. The van der Waals surface area contributed by atoms with Gasteiger partial charge in [0.15, 0.2) is 0 Å². The molecule has 0 spiro atoms. The third-order valence-corrected chi connectivity index (χ3v) is 10.5. The Kier molecular flexibility index (Phi) is 4.79. The maximum atomic E-state index is 15.6. The Morgan fingerprint density at radius 3 is 1.51 bits per heavy atom. The van der Waals surface area contributed by atoms with Crippen LogP contribution in [0.2, 0.25) is 0 Å². The van der Waals surface area contributed by atoms with Crippen molar-refractivity contribution in [3.8, 4) is 22.3 Å². The van der Waals surface area contributed by atoms with Crippen molar-refractivity contribution in [3.05, 3.63) is 131 Å². The monoisotopic (exact) mass is 582 g/mol. The minimum Gasteiger partial charge on any atom is -0.377 e. The zero-order chi connectivity index (χ0) is 30.3. The van der Waals surface area contributed by atoms with Gasteiger partial charge in [0.25, 0.3) is 0 Å². The first-order valence-corrected chi connectivity index (χ1v) is 15.6. The summed E-state index contributed by atoms with van der Waals surface area (Å²) in [7, 11) is 0. The fourth-order valence-corrected chi connectivity index (χ4v) is 9.07. The minimum atomic E-state index is -0.578. The molecule has 6 aromatic carbocycles. The van der Waals surface area contributed by atoms with Gasteiger partial charge in [-0.1, -0.05) is 101 Å². The molecular formula is C39H26B2F2N2. The predicted molar refractivity (Wildman–Crippen MR) is 184 cm³/mol. The summed E-state index contributed by atoms with van der Waals surface area (Å²) in [6, 6.07) is 34.6. The molecule has 10 rings (SSSR count). The number of nitrogens with zero attached hydrogens (tertiary/aromatic N) is 2. The second kappa shape index (κ2) is 8.54. The molecule has 0 fully saturated rings. The van der Waals surface area contributed by atoms with Crippen LogP contribution in [0, 0.1) is 32.4 Å². The molecule has 0 saturated heterocycles. The molecule has 0 unspecified atom stereocenters. The second-order valence-electron chi connectivity index (χ2n) is 12.9. The van der Waals surface area contributed by atoms with Crippen LogP contribution in [0.5, 0.6) is 0 Å². The third kappa shape index (κ3) is 3.00. The van der Waals surface area contributed by atoms with Gasteiger partial charge in [-0.25, -0.2) is 8.78 Å². The number of benzene rings is 6. The van der Waals surface area contributed by atoms with Crippen LogP contribution in [-0.4, -0.2) is 13.6 Å². The maximum absolute atomic E-state index is 15.6. The van der Waals surface area contributed by atoms with E-state index < -0.39 is 11.6 Å². The summed E-state index contributed by atoms with van der Waals surface area (Å²) in [5.41, 5.74) is 18.6. The van der Waals surface area contributed by atoms with E-state index in [2.05, 4.69) is 86.2 Å². The molecule has 0 atom stereocenters. The zero-order valence-corrected chi connectivity index (χ0v) is 25.1. The van der Waals surface area contributed by atoms with E-state index >= 15 is 8.78 Å². The van der Waals surface area contributed by atoms with Crippen LogP contribution in [0.15, 0.2) is 103 Å². The van der Waals surface area contributed by atoms with Crippen LogP contribution >= 0.6 is 0 Å². The minimum absolute atomic E-state index is 0.0409. The Morgan fingerprint density at radius 1 is 0.511 bits per heavy atom. The van der Waals surface area contributed by atoms with Gasteiger partial charge in [-0.3, -0.25) is 0 Å². The van der Waals surface area contributed by atoms with Crippen molar-refractivity contribution in [3.63, 3.8) is 0 Å². The van der Waals surface area contributed by atoms with E-state index in [0.717, 1.165) is 44.6 Å². The number of rotatable bonds is 2. The molecule has 0 radical (unpaired) electrons. The molecule has 212 valence electrons. The van der Waals surface area contributed by atoms with Gasteiger partial charge in [0.2, 0.25) is 6.71 Å². The van der Waals surface area contributed by atoms with E-state index in [-0.39, 0.29) is 19.2 Å². The molecule has 0 aliphatic carbocycles. The standard InChI is InChI=1S/C39H26B2F2N2/c1-21-19-22(2)34(23(3)20-21)40-28-13-4-11-26-24-9-6-17-32-35(24)41-36-25(27-12-5-14-29(40)38(27)45(41)37(26)28)10-7-18-33(36)44(32)39-30(42)15-8-16-31(39)43/h4-20H,1-3H3. The molecule has 0 aromatic heterocycles. The lowest BCUT2D eigenvalue weighted by molar-refractivity contribution is 0.586. The Bertz CT molecular complexity index is 2180. The zero-order valence-electron chi connectivity index (χ0n) is 25.1. The van der Waals surface area contributed by atoms with E-state index in [1.807, 2.05) is 29.2 Å². The van der Waals surface area contributed by atoms with Crippen molar-refractivity contribution >= 4 is 69.3 Å². The molecule has 0 saturated carbocycles. The Balaban J connectivity index is 1.38. The Hall–Kier alpha value is -5.09. The summed E-state index contributed by atoms with van der Waals surface area (Å²) < 4.78 is 31.3. The van der Waals surface area contributed by atoms with Gasteiger partial charge in [0.05, 0.1) is 0 Å². The van der Waals surface area contributed by atoms with Crippen LogP contribution in [0.1, 0.15) is 16.7 Å². The largest absolute Gasteiger partial charge is 0.377 e. The van der Waals surface area contributed by atoms with Gasteiger partial charge in [0, 0.05) is 33.9 Å². The van der Waals surface area contributed by atoms with Crippen LogP contribution < -0.4 is 37.0 Å². The van der Waals surface area contributed by atoms with E-state index in [0.29, 0.717) is 0 Å². The molecule has 4 heterocycles. The fourth-order valence-electron chi connectivity index (χ4n) is 9.07. The van der Waals surface area contributed by atoms with Crippen LogP contribution in [0.25, 0.3) is 22.3 Å². The van der Waals surface area contributed by atoms with Gasteiger partial charge in [-0.05, 0) is 78.0 Å². The van der Waals surface area contributed by atoms with Crippen LogP contribution in [0.4, 0.5) is 37.2 Å². The van der Waals surface area contributed by atoms with E-state index in [4.69, 9.17) is 0 Å². The van der Waals surface area contributed by atoms with Crippen molar-refractivity contribution in [1.82, 2.24) is 0 Å². The molecule has 0 N–H and O–H groups in total. The highest BCUT2D eigenvalue weighted by molar-refractivity contribution is 7.03. The summed E-state index contributed by atoms with van der Waals surface area (Å²) >= 11 is 0. The van der Waals surface area contributed by atoms with Crippen LogP contribution in [0.3, 0.4) is 0 Å². The van der Waals surface area contributed by atoms with Gasteiger partial charge >= 0.3 is 6.85 Å². The Labute approximate surface area is 261 Å². The molecule has 0 amide bonds. The molecule has 0 bridgehead atoms. The molecular weight excluding hydrogens is 556 g/mol. The van der Waals surface area contributed by atoms with E-state index in [9.17, 15) is 0 Å². The lowest BCUT2D eigenvalue weighted by Crippen LogP contribution is -2.70. The van der Waals surface area contributed by atoms with Crippen molar-refractivity contribution < 1.29 is 8.78 Å². The quantitative estimate of drug-likeness (QED) is 0.218. The summed E-state index contributed by atoms with van der Waals surface area (Å²) in [5, 5.41) is 0. The van der Waals surface area contributed by atoms with Crippen molar-refractivity contribution in [1.29, 1.82) is 0 Å². The first kappa shape index (κ1) is 25.3. The molecule has 6 aromatic rings. The summed E-state index contributed by atoms with van der Waals surface area (Å²) in [6.07, 6.45) is 0. The lowest BCUT2D eigenvalue weighted by atomic mass is 9.30. The summed E-state index contributed by atoms with van der Waals surface area (Å²) in [4.78, 5) is 4.37. The smallest absolute Gasteiger partial charge is 0.333 e. The number of halogens is 2. The third-order valence-electron chi connectivity index (χ3n) is 10.5. The van der Waals surface area contributed by atoms with Gasteiger partial charge in [-0.2, -0.15) is 0 Å². The predicted octanol–water partition coefficient (Wildman–Crippen LogP) is 6.41. The van der Waals surface area contributed by atoms with Crippen LogP contribution in [-0.2, 0) is 0 Å². The first-order valence-electron chi connectivity index (χ1n) is 15.6. The highest BCUT2D eigenvalue weighted by Gasteiger charge is 2.53. The van der Waals surface area contributed by atoms with Gasteiger partial charge < -0.3 is 9.71 Å². The second-order valence-corrected chi connectivity index (χ2v) is 12.9. The number of anilines is 5. The number of fused-ring (bicyclic) bond motifs is 2. The highest BCUT2D eigenvalue weighted by Crippen LogP contribution is 2.52. The number of para-hydroxylation sites is 3. The van der Waals surface area contributed by atoms with E-state index in [1.54, 1.807) is 0 Å². The molecule has 45 heavy (non-hydrogen) atoms. The lowest BCUT2D eigenvalue weighted by Gasteiger charge is -2.52. The van der Waals surface area contributed by atoms with Crippen molar-refractivity contribution in [2.45, 2.75) is 20.8 Å². The molecule has 2 nitrogen and oxygen atoms in total. The van der Waals surface area contributed by atoms with Crippen molar-refractivity contribution in [2.24, 2.45) is 0 Å².